The van der Waals surface area contributed by atoms with Crippen LogP contribution in [0.1, 0.15) is 47.2 Å². The Morgan fingerprint density at radius 1 is 0.833 bits per heavy atom. The molecule has 0 radical (unpaired) electrons. The minimum Gasteiger partial charge on any atom is -0.285 e. The molecule has 18 heavy (non-hydrogen) atoms. The van der Waals surface area contributed by atoms with Crippen molar-refractivity contribution in [2.75, 3.05) is 0 Å². The van der Waals surface area contributed by atoms with Crippen molar-refractivity contribution in [3.63, 3.8) is 0 Å². The summed E-state index contributed by atoms with van der Waals surface area (Å²) in [5, 5.41) is 11.5. The van der Waals surface area contributed by atoms with Gasteiger partial charge in [-0.25, -0.2) is 0 Å². The van der Waals surface area contributed by atoms with Crippen molar-refractivity contribution in [2.45, 2.75) is 48.5 Å². The highest BCUT2D eigenvalue weighted by Crippen LogP contribution is 2.11. The molecule has 0 unspecified atom stereocenters. The van der Waals surface area contributed by atoms with Gasteiger partial charge in [-0.3, -0.25) is 5.21 Å². The second kappa shape index (κ2) is 11.9. The third-order valence-corrected chi connectivity index (χ3v) is 1.98. The zero-order chi connectivity index (χ0) is 14.6. The highest BCUT2D eigenvalue weighted by atomic mass is 16.5. The quantitative estimate of drug-likeness (QED) is 0.529. The minimum absolute atomic E-state index is 0.841. The lowest BCUT2D eigenvalue weighted by atomic mass is 10.1. The molecule has 1 aromatic carbocycles. The predicted octanol–water partition coefficient (Wildman–Crippen LogP) is 4.75. The molecule has 0 saturated carbocycles. The van der Waals surface area contributed by atoms with Crippen molar-refractivity contribution in [1.82, 2.24) is 0 Å². The first-order chi connectivity index (χ1) is 8.77. The molecule has 0 aliphatic carbocycles. The molecule has 0 saturated heterocycles. The Kier molecular flexibility index (Phi) is 12.4. The molecular weight excluding hydrogens is 222 g/mol. The van der Waals surface area contributed by atoms with Crippen molar-refractivity contribution in [2.24, 2.45) is 0 Å². The van der Waals surface area contributed by atoms with E-state index in [1.54, 1.807) is 6.20 Å². The Balaban J connectivity index is 0. The molecule has 0 spiro atoms. The zero-order valence-electron chi connectivity index (χ0n) is 12.9. The summed E-state index contributed by atoms with van der Waals surface area (Å²) in [7, 11) is 0. The monoisotopic (exact) mass is 250 g/mol. The highest BCUT2D eigenvalue weighted by molar-refractivity contribution is 5.80. The van der Waals surface area contributed by atoms with Crippen LogP contribution in [-0.4, -0.2) is 5.21 Å². The van der Waals surface area contributed by atoms with E-state index in [-0.39, 0.29) is 0 Å². The maximum atomic E-state index is 9.33. The molecule has 0 amide bonds. The average Bonchev–Trinajstić information content (AvgIpc) is 2.47. The fraction of sp³-hybridized carbons (Fsp3) is 0.438. The number of hydrogen-bond acceptors (Lipinski definition) is 1. The number of hydrogen-bond donors (Lipinski definition) is 1. The van der Waals surface area contributed by atoms with Crippen LogP contribution in [0.25, 0.3) is 10.8 Å². The Morgan fingerprint density at radius 3 is 1.78 bits per heavy atom. The molecular formula is C16H28NO+. The van der Waals surface area contributed by atoms with Gasteiger partial charge in [-0.1, -0.05) is 59.7 Å². The van der Waals surface area contributed by atoms with Gasteiger partial charge in [-0.05, 0) is 11.5 Å². The topological polar surface area (TPSA) is 24.1 Å². The Labute approximate surface area is 112 Å². The number of benzene rings is 1. The largest absolute Gasteiger partial charge is 0.285 e. The van der Waals surface area contributed by atoms with Crippen LogP contribution >= 0.6 is 0 Å². The van der Waals surface area contributed by atoms with Gasteiger partial charge in [-0.2, -0.15) is 0 Å². The van der Waals surface area contributed by atoms with Crippen LogP contribution in [-0.2, 0) is 0 Å². The fourth-order valence-electron chi connectivity index (χ4n) is 1.28. The summed E-state index contributed by atoms with van der Waals surface area (Å²) < 4.78 is 1.14. The van der Waals surface area contributed by atoms with Crippen molar-refractivity contribution < 1.29 is 9.94 Å². The lowest BCUT2D eigenvalue weighted by Gasteiger charge is -1.94. The number of aromatic nitrogens is 1. The Hall–Kier alpha value is -1.57. The lowest BCUT2D eigenvalue weighted by Crippen LogP contribution is -2.32. The van der Waals surface area contributed by atoms with Crippen LogP contribution in [0.4, 0.5) is 0 Å². The molecule has 1 aromatic heterocycles. The second-order valence-corrected chi connectivity index (χ2v) is 2.89. The average molecular weight is 250 g/mol. The van der Waals surface area contributed by atoms with E-state index in [9.17, 15) is 5.21 Å². The summed E-state index contributed by atoms with van der Waals surface area (Å²) in [5.74, 6) is 0. The Bertz CT molecular complexity index is 384. The third kappa shape index (κ3) is 5.67. The summed E-state index contributed by atoms with van der Waals surface area (Å²) in [6.07, 6.45) is 1.71. The van der Waals surface area contributed by atoms with Crippen LogP contribution in [0.3, 0.4) is 0 Å². The van der Waals surface area contributed by atoms with Gasteiger partial charge in [-0.15, -0.1) is 0 Å². The smallest absolute Gasteiger partial charge is 0.231 e. The van der Waals surface area contributed by atoms with E-state index in [0.29, 0.717) is 0 Å². The molecule has 2 rings (SSSR count). The molecule has 0 aliphatic heterocycles. The van der Waals surface area contributed by atoms with Gasteiger partial charge >= 0.3 is 0 Å². The van der Waals surface area contributed by atoms with Gasteiger partial charge in [0.25, 0.3) is 0 Å². The number of nitrogens with zero attached hydrogens (tertiary/aromatic N) is 1. The molecule has 0 fully saturated rings. The van der Waals surface area contributed by atoms with Crippen LogP contribution in [0.2, 0.25) is 0 Å². The molecule has 2 nitrogen and oxygen atoms in total. The van der Waals surface area contributed by atoms with Crippen LogP contribution in [0.5, 0.6) is 0 Å². The number of fused-ring (bicyclic) bond motifs is 1. The van der Waals surface area contributed by atoms with Crippen molar-refractivity contribution in [3.05, 3.63) is 42.2 Å². The van der Waals surface area contributed by atoms with Crippen molar-refractivity contribution >= 4 is 10.8 Å². The van der Waals surface area contributed by atoms with Crippen LogP contribution in [0, 0.1) is 6.92 Å². The van der Waals surface area contributed by atoms with Gasteiger partial charge in [0.05, 0.1) is 5.39 Å². The van der Waals surface area contributed by atoms with E-state index in [0.717, 1.165) is 21.2 Å². The predicted molar refractivity (Wildman–Crippen MR) is 80.1 cm³/mol. The summed E-state index contributed by atoms with van der Waals surface area (Å²) in [4.78, 5) is 0. The number of pyridine rings is 1. The number of aryl methyl sites for hydroxylation is 1. The summed E-state index contributed by atoms with van der Waals surface area (Å²) in [5.41, 5.74) is 0.841. The molecule has 0 bridgehead atoms. The van der Waals surface area contributed by atoms with Crippen molar-refractivity contribution in [1.29, 1.82) is 0 Å². The number of rotatable bonds is 0. The third-order valence-electron chi connectivity index (χ3n) is 1.98. The summed E-state index contributed by atoms with van der Waals surface area (Å²) in [6, 6.07) is 9.90. The molecule has 1 heterocycles. The molecule has 2 aromatic rings. The normalized spacial score (nSPS) is 7.94. The Morgan fingerprint density at radius 2 is 1.28 bits per heavy atom. The van der Waals surface area contributed by atoms with E-state index in [1.165, 1.54) is 0 Å². The maximum Gasteiger partial charge on any atom is 0.231 e. The van der Waals surface area contributed by atoms with Gasteiger partial charge in [0.15, 0.2) is 0 Å². The minimum atomic E-state index is 0.841. The van der Waals surface area contributed by atoms with Crippen molar-refractivity contribution in [3.8, 4) is 0 Å². The molecule has 102 valence electrons. The van der Waals surface area contributed by atoms with E-state index in [4.69, 9.17) is 0 Å². The van der Waals surface area contributed by atoms with E-state index in [2.05, 4.69) is 0 Å². The van der Waals surface area contributed by atoms with E-state index < -0.39 is 0 Å². The molecule has 0 aliphatic rings. The van der Waals surface area contributed by atoms with Gasteiger partial charge in [0.1, 0.15) is 0 Å². The summed E-state index contributed by atoms with van der Waals surface area (Å²) >= 11 is 0. The maximum absolute atomic E-state index is 9.33. The first-order valence-corrected chi connectivity index (χ1v) is 6.88. The van der Waals surface area contributed by atoms with Crippen LogP contribution < -0.4 is 4.73 Å². The molecule has 1 N–H and O–H groups in total. The van der Waals surface area contributed by atoms with Crippen LogP contribution in [0.15, 0.2) is 36.5 Å². The van der Waals surface area contributed by atoms with Gasteiger partial charge in [0.2, 0.25) is 11.9 Å². The fourth-order valence-corrected chi connectivity index (χ4v) is 1.28. The lowest BCUT2D eigenvalue weighted by molar-refractivity contribution is -0.907. The van der Waals surface area contributed by atoms with Gasteiger partial charge in [0, 0.05) is 17.7 Å². The van der Waals surface area contributed by atoms with Gasteiger partial charge < -0.3 is 0 Å². The standard InChI is InChI=1S/C10H10NO.3C2H6/c1-8-6-9-4-2-3-5-10(9)7-11(8)12;3*1-2/h2-7,12H,1H3;3*1-2H3/q+1;;;. The SMILES string of the molecule is CC.CC.CC.Cc1cc2ccccc2c[n+]1O. The summed E-state index contributed by atoms with van der Waals surface area (Å²) in [6.45, 7) is 13.9. The second-order valence-electron chi connectivity index (χ2n) is 2.89. The molecule has 0 atom stereocenters. The van der Waals surface area contributed by atoms with E-state index >= 15 is 0 Å². The first-order valence-electron chi connectivity index (χ1n) is 6.88. The highest BCUT2D eigenvalue weighted by Gasteiger charge is 2.05. The van der Waals surface area contributed by atoms with E-state index in [1.807, 2.05) is 78.8 Å². The molecule has 2 heteroatoms. The first kappa shape index (κ1) is 18.8. The zero-order valence-corrected chi connectivity index (χ0v) is 12.9.